The molecule has 1 aliphatic heterocycles. The molecular formula is C24H18N4O7. The number of carbonyl (C=O) groups is 2. The van der Waals surface area contributed by atoms with Gasteiger partial charge in [0.1, 0.15) is 11.4 Å². The molecule has 4 rings (SSSR count). The Morgan fingerprint density at radius 2 is 1.80 bits per heavy atom. The number of carbonyl (C=O) groups excluding carboxylic acids is 2. The van der Waals surface area contributed by atoms with Crippen LogP contribution in [0.5, 0.6) is 17.2 Å². The Morgan fingerprint density at radius 3 is 2.57 bits per heavy atom. The van der Waals surface area contributed by atoms with Gasteiger partial charge in [-0.05, 0) is 48.0 Å². The van der Waals surface area contributed by atoms with E-state index in [2.05, 4.69) is 15.8 Å². The Labute approximate surface area is 198 Å². The number of hydrazone groups is 1. The summed E-state index contributed by atoms with van der Waals surface area (Å²) in [5, 5.41) is 27.1. The molecule has 1 aliphatic rings. The molecule has 35 heavy (non-hydrogen) atoms. The average Bonchev–Trinajstić information content (AvgIpc) is 3.32. The summed E-state index contributed by atoms with van der Waals surface area (Å²) in [5.41, 5.74) is 2.63. The van der Waals surface area contributed by atoms with Crippen LogP contribution in [-0.4, -0.2) is 34.9 Å². The number of benzene rings is 3. The normalized spacial score (nSPS) is 12.4. The molecule has 0 bridgehead atoms. The highest BCUT2D eigenvalue weighted by Gasteiger charge is 2.17. The third-order valence-corrected chi connectivity index (χ3v) is 4.81. The van der Waals surface area contributed by atoms with E-state index >= 15 is 0 Å². The van der Waals surface area contributed by atoms with Crippen LogP contribution < -0.4 is 20.2 Å². The third kappa shape index (κ3) is 5.60. The topological polar surface area (TPSA) is 152 Å². The lowest BCUT2D eigenvalue weighted by Crippen LogP contribution is -2.32. The smallest absolute Gasteiger partial charge is 0.287 e. The van der Waals surface area contributed by atoms with Gasteiger partial charge in [-0.25, -0.2) is 5.43 Å². The zero-order valence-electron chi connectivity index (χ0n) is 18.0. The van der Waals surface area contributed by atoms with E-state index in [9.17, 15) is 24.8 Å². The SMILES string of the molecule is O=C(N/N=C\c1cc(O)ccc1[N+](=O)[O-])/C(=C\c1ccc2c(c1)OCO2)NC(=O)c1ccccc1. The number of hydrogen-bond acceptors (Lipinski definition) is 8. The first kappa shape index (κ1) is 23.0. The maximum absolute atomic E-state index is 12.9. The molecule has 176 valence electrons. The fourth-order valence-corrected chi connectivity index (χ4v) is 3.14. The molecule has 0 spiro atoms. The summed E-state index contributed by atoms with van der Waals surface area (Å²) in [7, 11) is 0. The first-order chi connectivity index (χ1) is 16.9. The highest BCUT2D eigenvalue weighted by molar-refractivity contribution is 6.05. The van der Waals surface area contributed by atoms with Gasteiger partial charge in [0.2, 0.25) is 6.79 Å². The number of amides is 2. The van der Waals surface area contributed by atoms with Crippen molar-refractivity contribution in [3.8, 4) is 17.2 Å². The molecule has 0 saturated carbocycles. The number of rotatable bonds is 7. The van der Waals surface area contributed by atoms with Crippen LogP contribution in [0.1, 0.15) is 21.5 Å². The second-order valence-corrected chi connectivity index (χ2v) is 7.19. The molecule has 0 radical (unpaired) electrons. The van der Waals surface area contributed by atoms with Crippen molar-refractivity contribution in [2.45, 2.75) is 0 Å². The third-order valence-electron chi connectivity index (χ3n) is 4.81. The van der Waals surface area contributed by atoms with Crippen molar-refractivity contribution >= 4 is 29.8 Å². The van der Waals surface area contributed by atoms with Gasteiger partial charge in [0.15, 0.2) is 11.5 Å². The molecular weight excluding hydrogens is 456 g/mol. The zero-order chi connectivity index (χ0) is 24.8. The van der Waals surface area contributed by atoms with Crippen LogP contribution in [0.25, 0.3) is 6.08 Å². The first-order valence-electron chi connectivity index (χ1n) is 10.2. The van der Waals surface area contributed by atoms with Crippen LogP contribution in [0.15, 0.2) is 77.5 Å². The van der Waals surface area contributed by atoms with Gasteiger partial charge in [-0.3, -0.25) is 19.7 Å². The fraction of sp³-hybridized carbons (Fsp3) is 0.0417. The fourth-order valence-electron chi connectivity index (χ4n) is 3.14. The molecule has 0 saturated heterocycles. The molecule has 0 unspecified atom stereocenters. The van der Waals surface area contributed by atoms with Gasteiger partial charge in [0, 0.05) is 11.6 Å². The number of ether oxygens (including phenoxy) is 2. The van der Waals surface area contributed by atoms with E-state index < -0.39 is 16.7 Å². The Hall–Kier alpha value is -5.19. The second kappa shape index (κ2) is 10.2. The molecule has 3 N–H and O–H groups in total. The highest BCUT2D eigenvalue weighted by Crippen LogP contribution is 2.33. The molecule has 0 aliphatic carbocycles. The van der Waals surface area contributed by atoms with E-state index in [1.165, 1.54) is 12.1 Å². The molecule has 1 heterocycles. The van der Waals surface area contributed by atoms with E-state index in [1.54, 1.807) is 48.5 Å². The number of phenols is 1. The van der Waals surface area contributed by atoms with Gasteiger partial charge in [-0.2, -0.15) is 5.10 Å². The molecule has 3 aromatic carbocycles. The van der Waals surface area contributed by atoms with Crippen molar-refractivity contribution in [3.63, 3.8) is 0 Å². The summed E-state index contributed by atoms with van der Waals surface area (Å²) in [5.74, 6) is -0.478. The molecule has 0 aromatic heterocycles. The Morgan fingerprint density at radius 1 is 1.03 bits per heavy atom. The monoisotopic (exact) mass is 474 g/mol. The van der Waals surface area contributed by atoms with E-state index in [-0.39, 0.29) is 29.5 Å². The van der Waals surface area contributed by atoms with E-state index in [0.29, 0.717) is 22.6 Å². The average molecular weight is 474 g/mol. The number of fused-ring (bicyclic) bond motifs is 1. The number of nitro benzene ring substituents is 1. The summed E-state index contributed by atoms with van der Waals surface area (Å²) >= 11 is 0. The number of phenolic OH excluding ortho intramolecular Hbond substituents is 1. The van der Waals surface area contributed by atoms with Gasteiger partial charge >= 0.3 is 0 Å². The molecule has 3 aromatic rings. The van der Waals surface area contributed by atoms with E-state index in [1.807, 2.05) is 0 Å². The van der Waals surface area contributed by atoms with Crippen LogP contribution in [0.3, 0.4) is 0 Å². The van der Waals surface area contributed by atoms with Gasteiger partial charge < -0.3 is 19.9 Å². The first-order valence-corrected chi connectivity index (χ1v) is 10.2. The maximum Gasteiger partial charge on any atom is 0.287 e. The number of nitrogens with zero attached hydrogens (tertiary/aromatic N) is 2. The number of nitrogens with one attached hydrogen (secondary N) is 2. The summed E-state index contributed by atoms with van der Waals surface area (Å²) in [4.78, 5) is 36.1. The second-order valence-electron chi connectivity index (χ2n) is 7.19. The lowest BCUT2D eigenvalue weighted by molar-refractivity contribution is -0.385. The molecule has 0 fully saturated rings. The highest BCUT2D eigenvalue weighted by atomic mass is 16.7. The predicted molar refractivity (Wildman–Crippen MR) is 125 cm³/mol. The summed E-state index contributed by atoms with van der Waals surface area (Å²) < 4.78 is 10.6. The Kier molecular flexibility index (Phi) is 6.68. The van der Waals surface area contributed by atoms with Gasteiger partial charge in [0.25, 0.3) is 17.5 Å². The van der Waals surface area contributed by atoms with Crippen molar-refractivity contribution in [1.29, 1.82) is 0 Å². The van der Waals surface area contributed by atoms with Crippen molar-refractivity contribution in [2.24, 2.45) is 5.10 Å². The van der Waals surface area contributed by atoms with Crippen LogP contribution in [0.4, 0.5) is 5.69 Å². The van der Waals surface area contributed by atoms with E-state index in [4.69, 9.17) is 9.47 Å². The minimum absolute atomic E-state index is 0.0232. The predicted octanol–water partition coefficient (Wildman–Crippen LogP) is 2.95. The van der Waals surface area contributed by atoms with Crippen LogP contribution in [0, 0.1) is 10.1 Å². The van der Waals surface area contributed by atoms with Gasteiger partial charge in [-0.15, -0.1) is 0 Å². The molecule has 2 amide bonds. The van der Waals surface area contributed by atoms with Crippen molar-refractivity contribution in [2.75, 3.05) is 6.79 Å². The van der Waals surface area contributed by atoms with Crippen LogP contribution in [0.2, 0.25) is 0 Å². The molecule has 0 atom stereocenters. The molecule has 11 heteroatoms. The number of nitro groups is 1. The minimum atomic E-state index is -0.786. The summed E-state index contributed by atoms with van der Waals surface area (Å²) in [6, 6.07) is 16.7. The lowest BCUT2D eigenvalue weighted by Gasteiger charge is -2.09. The summed E-state index contributed by atoms with van der Waals surface area (Å²) in [6.07, 6.45) is 2.44. The number of hydrogen-bond donors (Lipinski definition) is 3. The molecule has 11 nitrogen and oxygen atoms in total. The largest absolute Gasteiger partial charge is 0.508 e. The van der Waals surface area contributed by atoms with Gasteiger partial charge in [-0.1, -0.05) is 24.3 Å². The van der Waals surface area contributed by atoms with Gasteiger partial charge in [0.05, 0.1) is 16.7 Å². The summed E-state index contributed by atoms with van der Waals surface area (Å²) in [6.45, 7) is 0.0798. The standard InChI is InChI=1S/C24H18N4O7/c29-18-7-8-20(28(32)33)17(12-18)13-25-27-24(31)19(26-23(30)16-4-2-1-3-5-16)10-15-6-9-21-22(11-15)35-14-34-21/h1-13,29H,14H2,(H,26,30)(H,27,31)/b19-10+,25-13-. The lowest BCUT2D eigenvalue weighted by atomic mass is 10.1. The Balaban J connectivity index is 1.59. The number of aromatic hydroxyl groups is 1. The van der Waals surface area contributed by atoms with Crippen molar-refractivity contribution < 1.29 is 29.1 Å². The van der Waals surface area contributed by atoms with Crippen molar-refractivity contribution in [1.82, 2.24) is 10.7 Å². The minimum Gasteiger partial charge on any atom is -0.508 e. The van der Waals surface area contributed by atoms with Crippen LogP contribution in [-0.2, 0) is 4.79 Å². The van der Waals surface area contributed by atoms with Crippen molar-refractivity contribution in [3.05, 3.63) is 99.2 Å². The van der Waals surface area contributed by atoms with E-state index in [0.717, 1.165) is 18.3 Å². The quantitative estimate of drug-likeness (QED) is 0.206. The Bertz CT molecular complexity index is 1350. The zero-order valence-corrected chi connectivity index (χ0v) is 18.0. The maximum atomic E-state index is 12.9. The van der Waals surface area contributed by atoms with Crippen LogP contribution >= 0.6 is 0 Å².